The van der Waals surface area contributed by atoms with Gasteiger partial charge in [0, 0.05) is 32.2 Å². The third-order valence-corrected chi connectivity index (χ3v) is 5.27. The number of carbonyl (C=O) groups excluding carboxylic acids is 1. The lowest BCUT2D eigenvalue weighted by Crippen LogP contribution is -2.27. The Morgan fingerprint density at radius 2 is 1.90 bits per heavy atom. The molecule has 1 unspecified atom stereocenters. The molecule has 0 aliphatic rings. The van der Waals surface area contributed by atoms with E-state index in [-0.39, 0.29) is 23.3 Å². The molecule has 1 rings (SSSR count). The largest absolute Gasteiger partial charge is 0.330 e. The Bertz CT molecular complexity index is 639. The number of sulfonamides is 1. The molecule has 0 saturated heterocycles. The van der Waals surface area contributed by atoms with Crippen molar-refractivity contribution >= 4 is 21.6 Å². The van der Waals surface area contributed by atoms with Gasteiger partial charge in [0.05, 0.1) is 4.90 Å². The lowest BCUT2D eigenvalue weighted by atomic mass is 10.1. The highest BCUT2D eigenvalue weighted by molar-refractivity contribution is 7.89. The molecule has 3 N–H and O–H groups in total. The number of hydrogen-bond acceptors (Lipinski definition) is 4. The van der Waals surface area contributed by atoms with Gasteiger partial charge in [-0.1, -0.05) is 6.92 Å². The summed E-state index contributed by atoms with van der Waals surface area (Å²) in [5, 5.41) is 2.75. The van der Waals surface area contributed by atoms with Crippen LogP contribution in [0.5, 0.6) is 0 Å². The van der Waals surface area contributed by atoms with Gasteiger partial charge in [0.25, 0.3) is 0 Å². The Morgan fingerprint density at radius 3 is 2.38 bits per heavy atom. The number of nitrogens with zero attached hydrogens (tertiary/aromatic N) is 1. The highest BCUT2D eigenvalue weighted by Crippen LogP contribution is 2.25. The van der Waals surface area contributed by atoms with Crippen molar-refractivity contribution in [3.05, 3.63) is 23.3 Å². The Labute approximate surface area is 126 Å². The molecule has 21 heavy (non-hydrogen) atoms. The minimum atomic E-state index is -3.54. The van der Waals surface area contributed by atoms with Crippen molar-refractivity contribution in [3.63, 3.8) is 0 Å². The number of rotatable bonds is 5. The SMILES string of the molecule is Cc1cc(S(=O)(=O)N(C)C)cc(NC(=O)C(C)CN)c1C. The van der Waals surface area contributed by atoms with Crippen molar-refractivity contribution in [3.8, 4) is 0 Å². The third kappa shape index (κ3) is 3.81. The van der Waals surface area contributed by atoms with E-state index in [1.165, 1.54) is 20.2 Å². The molecule has 0 radical (unpaired) electrons. The average Bonchev–Trinajstić information content (AvgIpc) is 2.42. The molecule has 118 valence electrons. The van der Waals surface area contributed by atoms with Gasteiger partial charge in [-0.2, -0.15) is 0 Å². The van der Waals surface area contributed by atoms with Crippen LogP contribution < -0.4 is 11.1 Å². The van der Waals surface area contributed by atoms with Gasteiger partial charge in [0.15, 0.2) is 0 Å². The molecule has 0 spiro atoms. The van der Waals surface area contributed by atoms with E-state index < -0.39 is 10.0 Å². The fourth-order valence-electron chi connectivity index (χ4n) is 1.68. The minimum Gasteiger partial charge on any atom is -0.330 e. The number of hydrogen-bond donors (Lipinski definition) is 2. The molecule has 1 aromatic carbocycles. The first-order valence-corrected chi connectivity index (χ1v) is 8.10. The second-order valence-corrected chi connectivity index (χ2v) is 7.48. The van der Waals surface area contributed by atoms with E-state index in [1.54, 1.807) is 13.0 Å². The minimum absolute atomic E-state index is 0.159. The normalized spacial score (nSPS) is 13.3. The highest BCUT2D eigenvalue weighted by Gasteiger charge is 2.20. The molecule has 1 amide bonds. The lowest BCUT2D eigenvalue weighted by Gasteiger charge is -2.17. The van der Waals surface area contributed by atoms with Crippen LogP contribution in [0.4, 0.5) is 5.69 Å². The first kappa shape index (κ1) is 17.6. The molecule has 1 aromatic rings. The molecule has 0 aromatic heterocycles. The Hall–Kier alpha value is -1.44. The van der Waals surface area contributed by atoms with Crippen LogP contribution in [0.2, 0.25) is 0 Å². The summed E-state index contributed by atoms with van der Waals surface area (Å²) in [4.78, 5) is 12.1. The monoisotopic (exact) mass is 313 g/mol. The Morgan fingerprint density at radius 1 is 1.33 bits per heavy atom. The number of amides is 1. The van der Waals surface area contributed by atoms with E-state index in [9.17, 15) is 13.2 Å². The molecule has 0 bridgehead atoms. The van der Waals surface area contributed by atoms with Gasteiger partial charge in [0.1, 0.15) is 0 Å². The van der Waals surface area contributed by atoms with E-state index in [1.807, 2.05) is 13.8 Å². The summed E-state index contributed by atoms with van der Waals surface area (Å²) in [6, 6.07) is 3.09. The number of benzene rings is 1. The van der Waals surface area contributed by atoms with Crippen LogP contribution in [-0.4, -0.2) is 39.3 Å². The van der Waals surface area contributed by atoms with Crippen LogP contribution in [0.25, 0.3) is 0 Å². The topological polar surface area (TPSA) is 92.5 Å². The van der Waals surface area contributed by atoms with Crippen molar-refractivity contribution in [1.82, 2.24) is 4.31 Å². The van der Waals surface area contributed by atoms with Crippen LogP contribution in [0.3, 0.4) is 0 Å². The second kappa shape index (κ2) is 6.55. The maximum absolute atomic E-state index is 12.2. The number of nitrogens with two attached hydrogens (primary N) is 1. The van der Waals surface area contributed by atoms with Gasteiger partial charge in [-0.15, -0.1) is 0 Å². The number of nitrogens with one attached hydrogen (secondary N) is 1. The Kier molecular flexibility index (Phi) is 5.49. The van der Waals surface area contributed by atoms with Crippen molar-refractivity contribution < 1.29 is 13.2 Å². The molecule has 0 heterocycles. The maximum Gasteiger partial charge on any atom is 0.242 e. The molecule has 0 aliphatic carbocycles. The zero-order chi connectivity index (χ0) is 16.4. The van der Waals surface area contributed by atoms with Gasteiger partial charge >= 0.3 is 0 Å². The predicted octanol–water partition coefficient (Wildman–Crippen LogP) is 1.09. The van der Waals surface area contributed by atoms with Crippen molar-refractivity contribution in [1.29, 1.82) is 0 Å². The van der Waals surface area contributed by atoms with Gasteiger partial charge < -0.3 is 11.1 Å². The molecule has 0 aliphatic heterocycles. The van der Waals surface area contributed by atoms with E-state index >= 15 is 0 Å². The summed E-state index contributed by atoms with van der Waals surface area (Å²) in [6.07, 6.45) is 0. The van der Waals surface area contributed by atoms with E-state index in [0.29, 0.717) is 5.69 Å². The van der Waals surface area contributed by atoms with Gasteiger partial charge in [-0.3, -0.25) is 4.79 Å². The van der Waals surface area contributed by atoms with Gasteiger partial charge in [0.2, 0.25) is 15.9 Å². The third-order valence-electron chi connectivity index (χ3n) is 3.48. The van der Waals surface area contributed by atoms with Gasteiger partial charge in [-0.05, 0) is 37.1 Å². The predicted molar refractivity (Wildman–Crippen MR) is 83.6 cm³/mol. The zero-order valence-electron chi connectivity index (χ0n) is 13.1. The second-order valence-electron chi connectivity index (χ2n) is 5.33. The molecule has 0 saturated carbocycles. The van der Waals surface area contributed by atoms with Crippen molar-refractivity contribution in [2.24, 2.45) is 11.7 Å². The summed E-state index contributed by atoms with van der Waals surface area (Å²) in [7, 11) is -0.600. The molecule has 6 nitrogen and oxygen atoms in total. The molecule has 7 heteroatoms. The maximum atomic E-state index is 12.2. The fourth-order valence-corrected chi connectivity index (χ4v) is 2.69. The standard InChI is InChI=1S/C14H23N3O3S/c1-9-6-12(21(19,20)17(4)5)7-13(11(9)3)16-14(18)10(2)8-15/h6-7,10H,8,15H2,1-5H3,(H,16,18). The van der Waals surface area contributed by atoms with E-state index in [0.717, 1.165) is 15.4 Å². The number of carbonyl (C=O) groups is 1. The zero-order valence-corrected chi connectivity index (χ0v) is 13.9. The van der Waals surface area contributed by atoms with Crippen LogP contribution in [0.15, 0.2) is 17.0 Å². The molecule has 0 fully saturated rings. The summed E-state index contributed by atoms with van der Waals surface area (Å²) in [6.45, 7) is 5.60. The van der Waals surface area contributed by atoms with E-state index in [2.05, 4.69) is 5.32 Å². The fraction of sp³-hybridized carbons (Fsp3) is 0.500. The first-order valence-electron chi connectivity index (χ1n) is 6.66. The van der Waals surface area contributed by atoms with Crippen LogP contribution in [0.1, 0.15) is 18.1 Å². The summed E-state index contributed by atoms with van der Waals surface area (Å²) in [5.41, 5.74) is 7.61. The average molecular weight is 313 g/mol. The summed E-state index contributed by atoms with van der Waals surface area (Å²) < 4.78 is 25.6. The molecule has 1 atom stereocenters. The quantitative estimate of drug-likeness (QED) is 0.851. The van der Waals surface area contributed by atoms with Crippen molar-refractivity contribution in [2.75, 3.05) is 26.0 Å². The smallest absolute Gasteiger partial charge is 0.242 e. The number of anilines is 1. The number of aryl methyl sites for hydroxylation is 1. The van der Waals surface area contributed by atoms with Crippen LogP contribution >= 0.6 is 0 Å². The first-order chi connectivity index (χ1) is 9.61. The lowest BCUT2D eigenvalue weighted by molar-refractivity contribution is -0.119. The molecular formula is C14H23N3O3S. The van der Waals surface area contributed by atoms with Gasteiger partial charge in [-0.25, -0.2) is 12.7 Å². The molecular weight excluding hydrogens is 290 g/mol. The summed E-state index contributed by atoms with van der Waals surface area (Å²) in [5.74, 6) is -0.557. The van der Waals surface area contributed by atoms with E-state index in [4.69, 9.17) is 5.73 Å². The summed E-state index contributed by atoms with van der Waals surface area (Å²) >= 11 is 0. The van der Waals surface area contributed by atoms with Crippen LogP contribution in [-0.2, 0) is 14.8 Å². The van der Waals surface area contributed by atoms with Crippen LogP contribution in [0, 0.1) is 19.8 Å². The highest BCUT2D eigenvalue weighted by atomic mass is 32.2. The van der Waals surface area contributed by atoms with Crippen molar-refractivity contribution in [2.45, 2.75) is 25.7 Å². The Balaban J connectivity index is 3.29.